The molecule has 0 fully saturated rings. The average Bonchev–Trinajstić information content (AvgIpc) is 2.65. The smallest absolute Gasteiger partial charge is 0.122 e. The molecular weight excluding hydrogens is 212 g/mol. The van der Waals surface area contributed by atoms with E-state index in [1.165, 1.54) is 11.1 Å². The third-order valence-corrected chi connectivity index (χ3v) is 2.53. The van der Waals surface area contributed by atoms with Crippen molar-refractivity contribution in [3.05, 3.63) is 35.8 Å². The highest BCUT2D eigenvalue weighted by Crippen LogP contribution is 2.13. The summed E-state index contributed by atoms with van der Waals surface area (Å²) >= 11 is 0. The highest BCUT2D eigenvalue weighted by molar-refractivity contribution is 5.17. The fourth-order valence-corrected chi connectivity index (χ4v) is 1.85. The first-order chi connectivity index (χ1) is 8.13. The second kappa shape index (κ2) is 7.30. The number of hydrogen-bond acceptors (Lipinski definition) is 3. The summed E-state index contributed by atoms with van der Waals surface area (Å²) in [4.78, 5) is 2.25. The number of nitrogens with one attached hydrogen (secondary N) is 1. The molecule has 0 radical (unpaired) electrons. The van der Waals surface area contributed by atoms with Crippen molar-refractivity contribution in [1.82, 2.24) is 10.2 Å². The van der Waals surface area contributed by atoms with Gasteiger partial charge in [0.2, 0.25) is 0 Å². The van der Waals surface area contributed by atoms with Gasteiger partial charge in [-0.25, -0.2) is 0 Å². The van der Waals surface area contributed by atoms with Crippen LogP contribution in [0.3, 0.4) is 0 Å². The Morgan fingerprint density at radius 1 is 1.53 bits per heavy atom. The Hall–Kier alpha value is -1.06. The molecule has 0 aliphatic carbocycles. The van der Waals surface area contributed by atoms with Crippen LogP contribution < -0.4 is 5.32 Å². The molecule has 1 aromatic rings. The Kier molecular flexibility index (Phi) is 6.01. The van der Waals surface area contributed by atoms with Crippen molar-refractivity contribution in [2.24, 2.45) is 0 Å². The second-order valence-corrected chi connectivity index (χ2v) is 4.68. The maximum atomic E-state index is 5.51. The molecule has 0 aliphatic heterocycles. The fourth-order valence-electron chi connectivity index (χ4n) is 1.85. The molecule has 0 unspecified atom stereocenters. The number of hydrogen-bond donors (Lipinski definition) is 1. The zero-order valence-corrected chi connectivity index (χ0v) is 11.3. The van der Waals surface area contributed by atoms with Gasteiger partial charge in [-0.3, -0.25) is 4.90 Å². The Morgan fingerprint density at radius 3 is 2.94 bits per heavy atom. The first-order valence-electron chi connectivity index (χ1n) is 6.22. The minimum absolute atomic E-state index is 0.817. The Balaban J connectivity index is 2.47. The second-order valence-electron chi connectivity index (χ2n) is 4.68. The molecule has 3 heteroatoms. The minimum atomic E-state index is 0.817. The zero-order chi connectivity index (χ0) is 12.7. The molecule has 0 bridgehead atoms. The summed E-state index contributed by atoms with van der Waals surface area (Å²) in [6, 6.07) is 2.05. The molecule has 0 aromatic carbocycles. The SMILES string of the molecule is C=C(C)CN(C)Cc1ccoc1CNCCC. The van der Waals surface area contributed by atoms with Gasteiger partial charge in [-0.05, 0) is 33.0 Å². The fraction of sp³-hybridized carbons (Fsp3) is 0.571. The molecule has 0 spiro atoms. The van der Waals surface area contributed by atoms with Crippen molar-refractivity contribution in [3.63, 3.8) is 0 Å². The van der Waals surface area contributed by atoms with Crippen LogP contribution in [0.1, 0.15) is 31.6 Å². The lowest BCUT2D eigenvalue weighted by molar-refractivity contribution is 0.349. The van der Waals surface area contributed by atoms with E-state index in [2.05, 4.69) is 43.8 Å². The summed E-state index contributed by atoms with van der Waals surface area (Å²) in [5.41, 5.74) is 2.44. The molecule has 0 saturated heterocycles. The van der Waals surface area contributed by atoms with Crippen LogP contribution in [0, 0.1) is 0 Å². The summed E-state index contributed by atoms with van der Waals surface area (Å²) in [6.07, 6.45) is 2.92. The van der Waals surface area contributed by atoms with Gasteiger partial charge in [0, 0.05) is 18.7 Å². The summed E-state index contributed by atoms with van der Waals surface area (Å²) in [7, 11) is 2.10. The highest BCUT2D eigenvalue weighted by atomic mass is 16.3. The normalized spacial score (nSPS) is 11.1. The van der Waals surface area contributed by atoms with Crippen molar-refractivity contribution in [2.75, 3.05) is 20.1 Å². The van der Waals surface area contributed by atoms with Gasteiger partial charge in [0.15, 0.2) is 0 Å². The van der Waals surface area contributed by atoms with Crippen LogP contribution >= 0.6 is 0 Å². The van der Waals surface area contributed by atoms with Crippen LogP contribution in [-0.4, -0.2) is 25.0 Å². The lowest BCUT2D eigenvalue weighted by atomic mass is 10.2. The van der Waals surface area contributed by atoms with Gasteiger partial charge < -0.3 is 9.73 Å². The van der Waals surface area contributed by atoms with E-state index in [0.717, 1.165) is 38.4 Å². The molecule has 0 amide bonds. The van der Waals surface area contributed by atoms with E-state index in [0.29, 0.717) is 0 Å². The maximum Gasteiger partial charge on any atom is 0.122 e. The molecule has 3 nitrogen and oxygen atoms in total. The van der Waals surface area contributed by atoms with E-state index in [4.69, 9.17) is 4.42 Å². The van der Waals surface area contributed by atoms with Crippen LogP contribution in [0.2, 0.25) is 0 Å². The largest absolute Gasteiger partial charge is 0.468 e. The predicted octanol–water partition coefficient (Wildman–Crippen LogP) is 2.79. The summed E-state index contributed by atoms with van der Waals surface area (Å²) in [5, 5.41) is 3.36. The van der Waals surface area contributed by atoms with Gasteiger partial charge in [-0.1, -0.05) is 19.1 Å². The summed E-state index contributed by atoms with van der Waals surface area (Å²) < 4.78 is 5.51. The van der Waals surface area contributed by atoms with Crippen molar-refractivity contribution in [2.45, 2.75) is 33.4 Å². The summed E-state index contributed by atoms with van der Waals surface area (Å²) in [6.45, 7) is 11.8. The van der Waals surface area contributed by atoms with Crippen molar-refractivity contribution < 1.29 is 4.42 Å². The quantitative estimate of drug-likeness (QED) is 0.556. The molecular formula is C14H24N2O. The highest BCUT2D eigenvalue weighted by Gasteiger charge is 2.08. The Morgan fingerprint density at radius 2 is 2.29 bits per heavy atom. The third-order valence-electron chi connectivity index (χ3n) is 2.53. The van der Waals surface area contributed by atoms with Crippen LogP contribution in [-0.2, 0) is 13.1 Å². The Bertz CT molecular complexity index is 344. The molecule has 0 atom stereocenters. The number of nitrogens with zero attached hydrogens (tertiary/aromatic N) is 1. The molecule has 1 aromatic heterocycles. The van der Waals surface area contributed by atoms with Gasteiger partial charge >= 0.3 is 0 Å². The first-order valence-corrected chi connectivity index (χ1v) is 6.22. The average molecular weight is 236 g/mol. The first kappa shape index (κ1) is 14.0. The van der Waals surface area contributed by atoms with E-state index in [-0.39, 0.29) is 0 Å². The van der Waals surface area contributed by atoms with Gasteiger partial charge in [-0.2, -0.15) is 0 Å². The van der Waals surface area contributed by atoms with E-state index in [1.807, 2.05) is 0 Å². The lowest BCUT2D eigenvalue weighted by Gasteiger charge is -2.16. The third kappa shape index (κ3) is 5.20. The van der Waals surface area contributed by atoms with Crippen LogP contribution in [0.4, 0.5) is 0 Å². The number of rotatable bonds is 8. The predicted molar refractivity (Wildman–Crippen MR) is 71.9 cm³/mol. The summed E-state index contributed by atoms with van der Waals surface area (Å²) in [5.74, 6) is 1.05. The van der Waals surface area contributed by atoms with Crippen LogP contribution in [0.15, 0.2) is 28.9 Å². The van der Waals surface area contributed by atoms with E-state index < -0.39 is 0 Å². The molecule has 0 saturated carbocycles. The molecule has 1 N–H and O–H groups in total. The molecule has 1 heterocycles. The molecule has 96 valence electrons. The van der Waals surface area contributed by atoms with E-state index in [1.54, 1.807) is 6.26 Å². The molecule has 0 aliphatic rings. The van der Waals surface area contributed by atoms with Gasteiger partial charge in [-0.15, -0.1) is 0 Å². The van der Waals surface area contributed by atoms with E-state index >= 15 is 0 Å². The lowest BCUT2D eigenvalue weighted by Crippen LogP contribution is -2.21. The standard InChI is InChI=1S/C14H24N2O/c1-5-7-15-9-14-13(6-8-17-14)11-16(4)10-12(2)3/h6,8,15H,2,5,7,9-11H2,1,3-4H3. The van der Waals surface area contributed by atoms with Crippen molar-refractivity contribution >= 4 is 0 Å². The zero-order valence-electron chi connectivity index (χ0n) is 11.3. The monoisotopic (exact) mass is 236 g/mol. The van der Waals surface area contributed by atoms with Crippen molar-refractivity contribution in [3.8, 4) is 0 Å². The minimum Gasteiger partial charge on any atom is -0.468 e. The molecule has 1 rings (SSSR count). The van der Waals surface area contributed by atoms with E-state index in [9.17, 15) is 0 Å². The van der Waals surface area contributed by atoms with Gasteiger partial charge in [0.05, 0.1) is 12.8 Å². The topological polar surface area (TPSA) is 28.4 Å². The van der Waals surface area contributed by atoms with Crippen LogP contribution in [0.25, 0.3) is 0 Å². The van der Waals surface area contributed by atoms with Gasteiger partial charge in [0.25, 0.3) is 0 Å². The van der Waals surface area contributed by atoms with Crippen LogP contribution in [0.5, 0.6) is 0 Å². The number of furan rings is 1. The molecule has 17 heavy (non-hydrogen) atoms. The van der Waals surface area contributed by atoms with Gasteiger partial charge in [0.1, 0.15) is 5.76 Å². The Labute approximate surface area is 104 Å². The van der Waals surface area contributed by atoms with Crippen molar-refractivity contribution in [1.29, 1.82) is 0 Å². The maximum absolute atomic E-state index is 5.51. The number of likely N-dealkylation sites (N-methyl/N-ethyl adjacent to an activating group) is 1.